The maximum atomic E-state index is 13.7. The van der Waals surface area contributed by atoms with Crippen molar-refractivity contribution in [1.82, 2.24) is 14.9 Å². The fraction of sp³-hybridized carbons (Fsp3) is 0.645. The van der Waals surface area contributed by atoms with E-state index in [4.69, 9.17) is 31.0 Å². The molecule has 2 aliphatic heterocycles. The molecule has 0 aliphatic carbocycles. The second-order valence-corrected chi connectivity index (χ2v) is 12.2. The van der Waals surface area contributed by atoms with Gasteiger partial charge in [-0.15, -0.1) is 0 Å². The van der Waals surface area contributed by atoms with Crippen molar-refractivity contribution in [3.05, 3.63) is 46.7 Å². The number of carbonyl (C=O) groups is 1. The van der Waals surface area contributed by atoms with Gasteiger partial charge in [0.1, 0.15) is 0 Å². The summed E-state index contributed by atoms with van der Waals surface area (Å²) in [5.74, 6) is 0.424. The predicted molar refractivity (Wildman–Crippen MR) is 162 cm³/mol. The summed E-state index contributed by atoms with van der Waals surface area (Å²) >= 11 is 6.17. The molecule has 3 heterocycles. The molecular weight excluding hydrogens is 583 g/mol. The third-order valence-corrected chi connectivity index (χ3v) is 8.61. The number of piperidine rings is 1. The van der Waals surface area contributed by atoms with Crippen LogP contribution in [-0.4, -0.2) is 71.5 Å². The highest BCUT2D eigenvalue weighted by Crippen LogP contribution is 2.36. The highest BCUT2D eigenvalue weighted by atomic mass is 35.5. The maximum Gasteiger partial charge on any atom is 0.416 e. The molecule has 0 bridgehead atoms. The molecule has 4 rings (SSSR count). The van der Waals surface area contributed by atoms with Crippen LogP contribution in [0.25, 0.3) is 0 Å². The molecule has 0 spiro atoms. The number of nitrogens with zero attached hydrogens (tertiary/aromatic N) is 5. The quantitative estimate of drug-likeness (QED) is 0.274. The third kappa shape index (κ3) is 8.03. The lowest BCUT2D eigenvalue weighted by molar-refractivity contribution is -0.137. The minimum absolute atomic E-state index is 0.0170. The van der Waals surface area contributed by atoms with E-state index in [1.807, 2.05) is 37.5 Å². The topological polar surface area (TPSA) is 71.0 Å². The molecule has 1 unspecified atom stereocenters. The Morgan fingerprint density at radius 3 is 2.30 bits per heavy atom. The molecule has 2 fully saturated rings. The van der Waals surface area contributed by atoms with Crippen LogP contribution in [0.1, 0.15) is 77.3 Å². The number of rotatable bonds is 10. The van der Waals surface area contributed by atoms with E-state index in [0.717, 1.165) is 37.2 Å². The molecule has 2 saturated heterocycles. The zero-order valence-electron chi connectivity index (χ0n) is 25.6. The highest BCUT2D eigenvalue weighted by Gasteiger charge is 2.41. The van der Waals surface area contributed by atoms with E-state index >= 15 is 0 Å². The number of benzene rings is 1. The van der Waals surface area contributed by atoms with E-state index in [0.29, 0.717) is 43.8 Å². The summed E-state index contributed by atoms with van der Waals surface area (Å²) in [7, 11) is 1.69. The van der Waals surface area contributed by atoms with E-state index in [9.17, 15) is 18.0 Å². The van der Waals surface area contributed by atoms with Gasteiger partial charge in [0.05, 0.1) is 42.4 Å². The van der Waals surface area contributed by atoms with E-state index in [-0.39, 0.29) is 47.9 Å². The monoisotopic (exact) mass is 625 g/mol. The van der Waals surface area contributed by atoms with Gasteiger partial charge in [0.25, 0.3) is 0 Å². The summed E-state index contributed by atoms with van der Waals surface area (Å²) in [5, 5.41) is 0.0170. The molecule has 1 amide bonds. The smallest absolute Gasteiger partial charge is 0.416 e. The van der Waals surface area contributed by atoms with Crippen LogP contribution in [0, 0.1) is 0 Å². The third-order valence-electron chi connectivity index (χ3n) is 8.39. The van der Waals surface area contributed by atoms with Crippen LogP contribution in [0.4, 0.5) is 29.6 Å². The zero-order valence-corrected chi connectivity index (χ0v) is 26.4. The largest absolute Gasteiger partial charge is 0.447 e. The Bertz CT molecular complexity index is 1200. The number of alkyl halides is 3. The van der Waals surface area contributed by atoms with Crippen molar-refractivity contribution in [2.75, 3.05) is 30.1 Å². The Hall–Kier alpha value is -2.79. The number of ether oxygens (including phenoxy) is 2. The minimum atomic E-state index is -4.53. The average molecular weight is 626 g/mol. The van der Waals surface area contributed by atoms with E-state index in [1.165, 1.54) is 0 Å². The summed E-state index contributed by atoms with van der Waals surface area (Å²) in [6, 6.07) is 3.52. The standard InChI is InChI=1S/C31H43ClF3N5O3/c1-6-24-14-27(15-25(7-2)40(24)30(41)43-20(3)4)39(18-21-11-22(31(33,34)35)13-23(32)12-21)29-36-16-28(17-37-29)38-10-8-9-26(38)19-42-5/h11-13,16-17,20,24-27H,6-10,14-15,18-19H2,1-5H3/t24-,25+,26-,27?/m0/s1. The Kier molecular flexibility index (Phi) is 11.0. The van der Waals surface area contributed by atoms with Crippen LogP contribution in [0.15, 0.2) is 30.6 Å². The summed E-state index contributed by atoms with van der Waals surface area (Å²) < 4.78 is 52.0. The molecule has 2 aromatic rings. The molecule has 238 valence electrons. The number of methoxy groups -OCH3 is 1. The maximum absolute atomic E-state index is 13.7. The first kappa shape index (κ1) is 33.1. The van der Waals surface area contributed by atoms with E-state index < -0.39 is 11.7 Å². The van der Waals surface area contributed by atoms with Crippen LogP contribution in [0.5, 0.6) is 0 Å². The molecule has 2 aliphatic rings. The van der Waals surface area contributed by atoms with Gasteiger partial charge in [-0.3, -0.25) is 0 Å². The molecule has 43 heavy (non-hydrogen) atoms. The minimum Gasteiger partial charge on any atom is -0.447 e. The van der Waals surface area contributed by atoms with Crippen molar-refractivity contribution < 1.29 is 27.4 Å². The summed E-state index contributed by atoms with van der Waals surface area (Å²) in [6.07, 6.45) is 3.14. The Balaban J connectivity index is 1.69. The van der Waals surface area contributed by atoms with Gasteiger partial charge in [-0.1, -0.05) is 25.4 Å². The van der Waals surface area contributed by atoms with Gasteiger partial charge in [0.15, 0.2) is 0 Å². The van der Waals surface area contributed by atoms with Gasteiger partial charge in [0.2, 0.25) is 5.95 Å². The van der Waals surface area contributed by atoms with Crippen LogP contribution >= 0.6 is 11.6 Å². The number of carbonyl (C=O) groups excluding carboxylic acids is 1. The normalized spacial score (nSPS) is 22.7. The summed E-state index contributed by atoms with van der Waals surface area (Å²) in [5.41, 5.74) is 0.498. The summed E-state index contributed by atoms with van der Waals surface area (Å²) in [4.78, 5) is 28.7. The molecule has 0 saturated carbocycles. The van der Waals surface area contributed by atoms with Crippen molar-refractivity contribution in [3.8, 4) is 0 Å². The SMILES string of the molecule is CC[C@@H]1CC(N(Cc2cc(Cl)cc(C(F)(F)F)c2)c2ncc(N3CCC[C@H]3COC)cn2)C[C@H](CC)N1C(=O)OC(C)C. The van der Waals surface area contributed by atoms with Crippen molar-refractivity contribution in [1.29, 1.82) is 0 Å². The average Bonchev–Trinajstić information content (AvgIpc) is 3.42. The lowest BCUT2D eigenvalue weighted by Crippen LogP contribution is -2.57. The van der Waals surface area contributed by atoms with Crippen molar-refractivity contribution in [3.63, 3.8) is 0 Å². The number of likely N-dealkylation sites (tertiary alicyclic amines) is 1. The summed E-state index contributed by atoms with van der Waals surface area (Å²) in [6.45, 7) is 9.34. The first-order chi connectivity index (χ1) is 20.4. The second-order valence-electron chi connectivity index (χ2n) is 11.7. The highest BCUT2D eigenvalue weighted by molar-refractivity contribution is 6.30. The Labute approximate surface area is 257 Å². The predicted octanol–water partition coefficient (Wildman–Crippen LogP) is 7.34. The second kappa shape index (κ2) is 14.3. The van der Waals surface area contributed by atoms with E-state index in [2.05, 4.69) is 4.90 Å². The van der Waals surface area contributed by atoms with Gasteiger partial charge in [-0.05, 0) is 76.1 Å². The first-order valence-corrected chi connectivity index (χ1v) is 15.5. The van der Waals surface area contributed by atoms with Crippen molar-refractivity contribution in [2.24, 2.45) is 0 Å². The van der Waals surface area contributed by atoms with Gasteiger partial charge >= 0.3 is 12.3 Å². The Morgan fingerprint density at radius 1 is 1.09 bits per heavy atom. The van der Waals surface area contributed by atoms with Gasteiger partial charge in [-0.25, -0.2) is 14.8 Å². The number of amides is 1. The van der Waals surface area contributed by atoms with Crippen LogP contribution in [-0.2, 0) is 22.2 Å². The molecule has 1 aromatic heterocycles. The molecule has 1 aromatic carbocycles. The van der Waals surface area contributed by atoms with Gasteiger partial charge in [-0.2, -0.15) is 13.2 Å². The zero-order chi connectivity index (χ0) is 31.3. The molecule has 12 heteroatoms. The Morgan fingerprint density at radius 2 is 1.74 bits per heavy atom. The first-order valence-electron chi connectivity index (χ1n) is 15.1. The number of anilines is 2. The van der Waals surface area contributed by atoms with Gasteiger partial charge < -0.3 is 24.2 Å². The number of halogens is 4. The molecule has 0 N–H and O–H groups in total. The van der Waals surface area contributed by atoms with Crippen LogP contribution < -0.4 is 9.80 Å². The fourth-order valence-corrected chi connectivity index (χ4v) is 6.67. The number of hydrogen-bond donors (Lipinski definition) is 0. The van der Waals surface area contributed by atoms with E-state index in [1.54, 1.807) is 25.6 Å². The lowest BCUT2D eigenvalue weighted by atomic mass is 9.87. The lowest BCUT2D eigenvalue weighted by Gasteiger charge is -2.47. The number of aromatic nitrogens is 2. The van der Waals surface area contributed by atoms with Crippen LogP contribution in [0.2, 0.25) is 5.02 Å². The van der Waals surface area contributed by atoms with Gasteiger partial charge in [0, 0.05) is 43.3 Å². The van der Waals surface area contributed by atoms with Crippen molar-refractivity contribution in [2.45, 2.75) is 109 Å². The van der Waals surface area contributed by atoms with Crippen molar-refractivity contribution >= 4 is 29.3 Å². The molecule has 8 nitrogen and oxygen atoms in total. The molecular formula is C31H43ClF3N5O3. The number of hydrogen-bond acceptors (Lipinski definition) is 7. The molecule has 0 radical (unpaired) electrons. The molecule has 4 atom stereocenters. The van der Waals surface area contributed by atoms with Crippen LogP contribution in [0.3, 0.4) is 0 Å². The fourth-order valence-electron chi connectivity index (χ4n) is 6.41.